The van der Waals surface area contributed by atoms with Gasteiger partial charge in [0.25, 0.3) is 0 Å². The summed E-state index contributed by atoms with van der Waals surface area (Å²) in [6.45, 7) is 2.79. The third-order valence-corrected chi connectivity index (χ3v) is 6.26. The van der Waals surface area contributed by atoms with Gasteiger partial charge in [0, 0.05) is 24.2 Å². The molecule has 0 unspecified atom stereocenters. The van der Waals surface area contributed by atoms with Crippen LogP contribution in [0.4, 0.5) is 5.69 Å². The Bertz CT molecular complexity index is 995. The number of anilines is 1. The summed E-state index contributed by atoms with van der Waals surface area (Å²) < 4.78 is 2.03. The van der Waals surface area contributed by atoms with Gasteiger partial charge in [0.05, 0.1) is 10.6 Å². The first-order valence-electron chi connectivity index (χ1n) is 8.71. The Kier molecular flexibility index (Phi) is 5.09. The number of hydrogen-bond donors (Lipinski definition) is 1. The summed E-state index contributed by atoms with van der Waals surface area (Å²) >= 11 is 3.03. The first kappa shape index (κ1) is 17.9. The number of carbonyl (C=O) groups is 2. The molecule has 0 bridgehead atoms. The molecule has 27 heavy (non-hydrogen) atoms. The topological polar surface area (TPSA) is 76.9 Å². The van der Waals surface area contributed by atoms with Crippen molar-refractivity contribution >= 4 is 40.5 Å². The number of fused-ring (bicyclic) bond motifs is 1. The van der Waals surface area contributed by atoms with Crippen LogP contribution in [-0.4, -0.2) is 32.2 Å². The number of thioether (sulfide) groups is 1. The van der Waals surface area contributed by atoms with E-state index in [4.69, 9.17) is 0 Å². The van der Waals surface area contributed by atoms with Crippen molar-refractivity contribution in [2.45, 2.75) is 31.5 Å². The lowest BCUT2D eigenvalue weighted by Gasteiger charge is -2.17. The molecule has 0 aliphatic carbocycles. The van der Waals surface area contributed by atoms with Crippen LogP contribution in [0.25, 0.3) is 10.7 Å². The molecule has 3 aromatic rings. The number of aryl methyl sites for hydroxylation is 1. The highest BCUT2D eigenvalue weighted by atomic mass is 32.2. The molecule has 2 aromatic heterocycles. The smallest absolute Gasteiger partial charge is 0.224 e. The summed E-state index contributed by atoms with van der Waals surface area (Å²) in [6.07, 6.45) is 1.13. The van der Waals surface area contributed by atoms with Gasteiger partial charge < -0.3 is 9.88 Å². The lowest BCUT2D eigenvalue weighted by Crippen LogP contribution is -2.19. The standard InChI is InChI=1S/C19H18N4O2S2/c1-2-23-18(16-4-3-9-26-16)21-22-19(23)27-11-15(24)13-5-7-14-12(10-13)6-8-17(25)20-14/h3-5,7,9-10H,2,6,8,11H2,1H3,(H,20,25). The van der Waals surface area contributed by atoms with Gasteiger partial charge in [-0.15, -0.1) is 21.5 Å². The number of benzene rings is 1. The predicted molar refractivity (Wildman–Crippen MR) is 107 cm³/mol. The Morgan fingerprint density at radius 3 is 2.96 bits per heavy atom. The second-order valence-electron chi connectivity index (χ2n) is 6.16. The number of Topliss-reactive ketones (excluding diaryl/α,β-unsaturated/α-hetero) is 1. The lowest BCUT2D eigenvalue weighted by atomic mass is 9.99. The van der Waals surface area contributed by atoms with Crippen molar-refractivity contribution in [1.29, 1.82) is 0 Å². The first-order chi connectivity index (χ1) is 13.2. The van der Waals surface area contributed by atoms with Gasteiger partial charge in [-0.1, -0.05) is 17.8 Å². The van der Waals surface area contributed by atoms with E-state index in [-0.39, 0.29) is 11.7 Å². The number of aromatic nitrogens is 3. The second-order valence-corrected chi connectivity index (χ2v) is 8.05. The van der Waals surface area contributed by atoms with Crippen LogP contribution in [0.5, 0.6) is 0 Å². The lowest BCUT2D eigenvalue weighted by molar-refractivity contribution is -0.116. The summed E-state index contributed by atoms with van der Waals surface area (Å²) in [7, 11) is 0. The van der Waals surface area contributed by atoms with E-state index >= 15 is 0 Å². The minimum absolute atomic E-state index is 0.0255. The molecule has 0 saturated heterocycles. The minimum atomic E-state index is 0.0255. The van der Waals surface area contributed by atoms with Crippen molar-refractivity contribution in [3.05, 3.63) is 46.8 Å². The summed E-state index contributed by atoms with van der Waals surface area (Å²) in [5.41, 5.74) is 2.49. The maximum Gasteiger partial charge on any atom is 0.224 e. The summed E-state index contributed by atoms with van der Waals surface area (Å²) in [5, 5.41) is 14.2. The average Bonchev–Trinajstić information content (AvgIpc) is 3.34. The summed E-state index contributed by atoms with van der Waals surface area (Å²) in [4.78, 5) is 25.2. The fraction of sp³-hybridized carbons (Fsp3) is 0.263. The molecule has 3 heterocycles. The van der Waals surface area contributed by atoms with Gasteiger partial charge in [0.15, 0.2) is 16.8 Å². The van der Waals surface area contributed by atoms with Crippen LogP contribution in [0.3, 0.4) is 0 Å². The molecule has 138 valence electrons. The molecular formula is C19H18N4O2S2. The van der Waals surface area contributed by atoms with Crippen LogP contribution in [0.2, 0.25) is 0 Å². The monoisotopic (exact) mass is 398 g/mol. The number of amides is 1. The van der Waals surface area contributed by atoms with Crippen molar-refractivity contribution < 1.29 is 9.59 Å². The molecule has 1 N–H and O–H groups in total. The Balaban J connectivity index is 1.48. The van der Waals surface area contributed by atoms with Gasteiger partial charge >= 0.3 is 0 Å². The highest BCUT2D eigenvalue weighted by Crippen LogP contribution is 2.28. The first-order valence-corrected chi connectivity index (χ1v) is 10.6. The molecule has 0 atom stereocenters. The van der Waals surface area contributed by atoms with Crippen LogP contribution in [0.15, 0.2) is 40.9 Å². The van der Waals surface area contributed by atoms with Crippen LogP contribution in [0, 0.1) is 0 Å². The zero-order valence-electron chi connectivity index (χ0n) is 14.8. The maximum absolute atomic E-state index is 12.6. The maximum atomic E-state index is 12.6. The van der Waals surface area contributed by atoms with E-state index in [0.717, 1.165) is 33.7 Å². The Morgan fingerprint density at radius 2 is 2.19 bits per heavy atom. The number of carbonyl (C=O) groups excluding carboxylic acids is 2. The fourth-order valence-electron chi connectivity index (χ4n) is 3.04. The van der Waals surface area contributed by atoms with Crippen molar-refractivity contribution in [2.24, 2.45) is 0 Å². The molecule has 1 aliphatic rings. The quantitative estimate of drug-likeness (QED) is 0.504. The summed E-state index contributed by atoms with van der Waals surface area (Å²) in [6, 6.07) is 9.48. The molecule has 4 rings (SSSR count). The van der Waals surface area contributed by atoms with E-state index in [0.29, 0.717) is 24.2 Å². The van der Waals surface area contributed by atoms with E-state index in [1.165, 1.54) is 11.8 Å². The Hall–Kier alpha value is -2.45. The normalized spacial score (nSPS) is 13.3. The Labute approximate surface area is 165 Å². The molecular weight excluding hydrogens is 380 g/mol. The molecule has 0 saturated carbocycles. The van der Waals surface area contributed by atoms with Crippen LogP contribution < -0.4 is 5.32 Å². The fourth-order valence-corrected chi connectivity index (χ4v) is 4.65. The van der Waals surface area contributed by atoms with Crippen molar-refractivity contribution in [1.82, 2.24) is 14.8 Å². The molecule has 0 radical (unpaired) electrons. The zero-order valence-corrected chi connectivity index (χ0v) is 16.4. The number of ketones is 1. The van der Waals surface area contributed by atoms with Crippen molar-refractivity contribution in [3.8, 4) is 10.7 Å². The summed E-state index contributed by atoms with van der Waals surface area (Å²) in [5.74, 6) is 1.21. The molecule has 0 fully saturated rings. The van der Waals surface area contributed by atoms with Gasteiger partial charge in [-0.05, 0) is 48.6 Å². The van der Waals surface area contributed by atoms with Crippen LogP contribution >= 0.6 is 23.1 Å². The SMILES string of the molecule is CCn1c(SCC(=O)c2ccc3c(c2)CCC(=O)N3)nnc1-c1cccs1. The van der Waals surface area contributed by atoms with Gasteiger partial charge in [-0.3, -0.25) is 9.59 Å². The van der Waals surface area contributed by atoms with Crippen molar-refractivity contribution in [2.75, 3.05) is 11.1 Å². The number of nitrogens with one attached hydrogen (secondary N) is 1. The van der Waals surface area contributed by atoms with E-state index in [1.54, 1.807) is 17.4 Å². The predicted octanol–water partition coefficient (Wildman–Crippen LogP) is 3.89. The largest absolute Gasteiger partial charge is 0.326 e. The molecule has 1 aliphatic heterocycles. The molecule has 1 amide bonds. The molecule has 1 aromatic carbocycles. The van der Waals surface area contributed by atoms with Gasteiger partial charge in [-0.25, -0.2) is 0 Å². The number of rotatable bonds is 6. The van der Waals surface area contributed by atoms with Gasteiger partial charge in [0.2, 0.25) is 5.91 Å². The van der Waals surface area contributed by atoms with Gasteiger partial charge in [-0.2, -0.15) is 0 Å². The van der Waals surface area contributed by atoms with E-state index in [2.05, 4.69) is 15.5 Å². The molecule has 0 spiro atoms. The highest BCUT2D eigenvalue weighted by Gasteiger charge is 2.18. The number of thiophene rings is 1. The Morgan fingerprint density at radius 1 is 1.30 bits per heavy atom. The van der Waals surface area contributed by atoms with Crippen molar-refractivity contribution in [3.63, 3.8) is 0 Å². The zero-order chi connectivity index (χ0) is 18.8. The van der Waals surface area contributed by atoms with E-state index in [9.17, 15) is 9.59 Å². The molecule has 8 heteroatoms. The minimum Gasteiger partial charge on any atom is -0.326 e. The third-order valence-electron chi connectivity index (χ3n) is 4.43. The number of hydrogen-bond acceptors (Lipinski definition) is 6. The molecule has 6 nitrogen and oxygen atoms in total. The van der Waals surface area contributed by atoms with Crippen LogP contribution in [-0.2, 0) is 17.8 Å². The number of nitrogens with zero attached hydrogens (tertiary/aromatic N) is 3. The third kappa shape index (κ3) is 3.68. The van der Waals surface area contributed by atoms with E-state index in [1.807, 2.05) is 41.1 Å². The van der Waals surface area contributed by atoms with E-state index < -0.39 is 0 Å². The highest BCUT2D eigenvalue weighted by molar-refractivity contribution is 7.99. The van der Waals surface area contributed by atoms with Crippen LogP contribution in [0.1, 0.15) is 29.3 Å². The van der Waals surface area contributed by atoms with Gasteiger partial charge in [0.1, 0.15) is 0 Å². The second kappa shape index (κ2) is 7.66. The average molecular weight is 399 g/mol.